The van der Waals surface area contributed by atoms with Gasteiger partial charge in [0.05, 0.1) is 5.60 Å². The Hall–Kier alpha value is -0.860. The molecule has 1 heterocycles. The number of rotatable bonds is 2. The predicted octanol–water partition coefficient (Wildman–Crippen LogP) is 4.96. The number of carbonyl (C=O) groups excluding carboxylic acids is 1. The van der Waals surface area contributed by atoms with Crippen LogP contribution in [0.2, 0.25) is 5.02 Å². The van der Waals surface area contributed by atoms with E-state index < -0.39 is 0 Å². The fourth-order valence-electron chi connectivity index (χ4n) is 3.91. The van der Waals surface area contributed by atoms with Crippen LogP contribution in [0.3, 0.4) is 0 Å². The van der Waals surface area contributed by atoms with E-state index in [0.717, 1.165) is 43.4 Å². The molecule has 21 heavy (non-hydrogen) atoms. The van der Waals surface area contributed by atoms with Crippen molar-refractivity contribution in [3.05, 3.63) is 34.3 Å². The van der Waals surface area contributed by atoms with Gasteiger partial charge < -0.3 is 4.74 Å². The summed E-state index contributed by atoms with van der Waals surface area (Å²) in [7, 11) is 0. The largest absolute Gasteiger partial charge is 0.375 e. The lowest BCUT2D eigenvalue weighted by atomic mass is 9.74. The standard InChI is InChI=1S/C18H23ClO2/c1-13-9-15(11-16(19)10-13)17(20)14-5-8-21-18(12-14)6-3-2-4-7-18/h9-11,14H,2-8,12H2,1H3. The molecule has 114 valence electrons. The van der Waals surface area contributed by atoms with Gasteiger partial charge in [0.25, 0.3) is 0 Å². The number of Topliss-reactive ketones (excluding diaryl/α,β-unsaturated/α-hetero) is 1. The molecule has 1 aliphatic heterocycles. The fourth-order valence-corrected chi connectivity index (χ4v) is 4.20. The van der Waals surface area contributed by atoms with Gasteiger partial charge in [-0.2, -0.15) is 0 Å². The van der Waals surface area contributed by atoms with Crippen LogP contribution in [-0.2, 0) is 4.74 Å². The number of hydrogen-bond acceptors (Lipinski definition) is 2. The minimum absolute atomic E-state index is 0.0234. The predicted molar refractivity (Wildman–Crippen MR) is 85.0 cm³/mol. The van der Waals surface area contributed by atoms with Gasteiger partial charge in [-0.3, -0.25) is 4.79 Å². The molecule has 1 aliphatic carbocycles. The van der Waals surface area contributed by atoms with Crippen LogP contribution >= 0.6 is 11.6 Å². The first-order valence-electron chi connectivity index (χ1n) is 8.03. The van der Waals surface area contributed by atoms with E-state index >= 15 is 0 Å². The Bertz CT molecular complexity index is 506. The van der Waals surface area contributed by atoms with Crippen LogP contribution in [-0.4, -0.2) is 18.0 Å². The van der Waals surface area contributed by atoms with Gasteiger partial charge >= 0.3 is 0 Å². The molecule has 1 aromatic carbocycles. The highest BCUT2D eigenvalue weighted by Crippen LogP contribution is 2.41. The van der Waals surface area contributed by atoms with Crippen molar-refractivity contribution in [2.24, 2.45) is 5.92 Å². The van der Waals surface area contributed by atoms with E-state index in [0.29, 0.717) is 5.02 Å². The number of benzene rings is 1. The maximum atomic E-state index is 12.8. The zero-order valence-corrected chi connectivity index (χ0v) is 13.4. The molecular formula is C18H23ClO2. The summed E-state index contributed by atoms with van der Waals surface area (Å²) in [6.07, 6.45) is 7.73. The van der Waals surface area contributed by atoms with Gasteiger partial charge in [0.15, 0.2) is 5.78 Å². The Balaban J connectivity index is 1.77. The van der Waals surface area contributed by atoms with Crippen LogP contribution in [0.25, 0.3) is 0 Å². The Morgan fingerprint density at radius 3 is 2.71 bits per heavy atom. The molecule has 0 N–H and O–H groups in total. The highest BCUT2D eigenvalue weighted by molar-refractivity contribution is 6.31. The number of hydrogen-bond donors (Lipinski definition) is 0. The summed E-state index contributed by atoms with van der Waals surface area (Å²) in [4.78, 5) is 12.8. The average molecular weight is 307 g/mol. The first-order chi connectivity index (χ1) is 10.1. The second-order valence-corrected chi connectivity index (χ2v) is 7.10. The monoisotopic (exact) mass is 306 g/mol. The molecule has 1 unspecified atom stereocenters. The van der Waals surface area contributed by atoms with Crippen molar-refractivity contribution >= 4 is 17.4 Å². The summed E-state index contributed by atoms with van der Waals surface area (Å²) < 4.78 is 6.09. The molecule has 0 bridgehead atoms. The van der Waals surface area contributed by atoms with Crippen LogP contribution in [0.5, 0.6) is 0 Å². The van der Waals surface area contributed by atoms with Gasteiger partial charge in [-0.25, -0.2) is 0 Å². The second kappa shape index (κ2) is 6.10. The van der Waals surface area contributed by atoms with Crippen LogP contribution in [0.15, 0.2) is 18.2 Å². The minimum Gasteiger partial charge on any atom is -0.375 e. The van der Waals surface area contributed by atoms with E-state index in [9.17, 15) is 4.79 Å². The van der Waals surface area contributed by atoms with Gasteiger partial charge in [0, 0.05) is 23.1 Å². The highest BCUT2D eigenvalue weighted by Gasteiger charge is 2.40. The zero-order chi connectivity index (χ0) is 14.9. The van der Waals surface area contributed by atoms with Gasteiger partial charge in [-0.15, -0.1) is 0 Å². The molecule has 1 aromatic rings. The van der Waals surface area contributed by atoms with E-state index in [-0.39, 0.29) is 17.3 Å². The smallest absolute Gasteiger partial charge is 0.166 e. The minimum atomic E-state index is -0.0234. The van der Waals surface area contributed by atoms with E-state index in [1.54, 1.807) is 6.07 Å². The summed E-state index contributed by atoms with van der Waals surface area (Å²) >= 11 is 6.10. The van der Waals surface area contributed by atoms with Gasteiger partial charge in [-0.1, -0.05) is 30.9 Å². The quantitative estimate of drug-likeness (QED) is 0.722. The second-order valence-electron chi connectivity index (χ2n) is 6.66. The first-order valence-corrected chi connectivity index (χ1v) is 8.41. The van der Waals surface area contributed by atoms with Crippen molar-refractivity contribution in [2.75, 3.05) is 6.61 Å². The van der Waals surface area contributed by atoms with E-state index in [1.807, 2.05) is 19.1 Å². The fraction of sp³-hybridized carbons (Fsp3) is 0.611. The lowest BCUT2D eigenvalue weighted by Gasteiger charge is -2.43. The van der Waals surface area contributed by atoms with E-state index in [4.69, 9.17) is 16.3 Å². The van der Waals surface area contributed by atoms with Gasteiger partial charge in [0.1, 0.15) is 0 Å². The van der Waals surface area contributed by atoms with Crippen molar-refractivity contribution in [1.29, 1.82) is 0 Å². The highest BCUT2D eigenvalue weighted by atomic mass is 35.5. The van der Waals surface area contributed by atoms with Crippen molar-refractivity contribution in [1.82, 2.24) is 0 Å². The Morgan fingerprint density at radius 1 is 1.24 bits per heavy atom. The summed E-state index contributed by atoms with van der Waals surface area (Å²) in [6, 6.07) is 5.65. The molecule has 1 saturated heterocycles. The van der Waals surface area contributed by atoms with Crippen LogP contribution < -0.4 is 0 Å². The summed E-state index contributed by atoms with van der Waals surface area (Å²) in [5, 5.41) is 0.651. The Labute approximate surface area is 131 Å². The molecule has 2 nitrogen and oxygen atoms in total. The zero-order valence-electron chi connectivity index (χ0n) is 12.7. The molecule has 1 spiro atoms. The first kappa shape index (κ1) is 15.1. The third-order valence-electron chi connectivity index (χ3n) is 4.96. The maximum absolute atomic E-state index is 12.8. The van der Waals surface area contributed by atoms with Crippen molar-refractivity contribution in [2.45, 2.75) is 57.5 Å². The van der Waals surface area contributed by atoms with Crippen molar-refractivity contribution in [3.63, 3.8) is 0 Å². The Kier molecular flexibility index (Phi) is 4.37. The number of carbonyl (C=O) groups is 1. The third-order valence-corrected chi connectivity index (χ3v) is 5.17. The molecule has 1 atom stereocenters. The normalized spacial score (nSPS) is 25.0. The maximum Gasteiger partial charge on any atom is 0.166 e. The molecular weight excluding hydrogens is 284 g/mol. The Morgan fingerprint density at radius 2 is 2.00 bits per heavy atom. The number of halogens is 1. The lowest BCUT2D eigenvalue weighted by molar-refractivity contribution is -0.111. The van der Waals surface area contributed by atoms with E-state index in [2.05, 4.69) is 0 Å². The molecule has 1 saturated carbocycles. The topological polar surface area (TPSA) is 26.3 Å². The van der Waals surface area contributed by atoms with Crippen molar-refractivity contribution < 1.29 is 9.53 Å². The summed E-state index contributed by atoms with van der Waals surface area (Å²) in [6.45, 7) is 2.70. The number of aryl methyl sites for hydroxylation is 1. The SMILES string of the molecule is Cc1cc(Cl)cc(C(=O)C2CCOC3(CCCCC3)C2)c1. The van der Waals surface area contributed by atoms with Crippen LogP contribution in [0.1, 0.15) is 60.9 Å². The summed E-state index contributed by atoms with van der Waals surface area (Å²) in [5.74, 6) is 0.337. The molecule has 0 amide bonds. The van der Waals surface area contributed by atoms with E-state index in [1.165, 1.54) is 19.3 Å². The third kappa shape index (κ3) is 3.32. The van der Waals surface area contributed by atoms with Gasteiger partial charge in [0.2, 0.25) is 0 Å². The molecule has 0 radical (unpaired) electrons. The summed E-state index contributed by atoms with van der Waals surface area (Å²) in [5.41, 5.74) is 1.79. The van der Waals surface area contributed by atoms with Crippen LogP contribution in [0, 0.1) is 12.8 Å². The number of ketones is 1. The molecule has 3 heteroatoms. The van der Waals surface area contributed by atoms with Gasteiger partial charge in [-0.05, 0) is 56.4 Å². The van der Waals surface area contributed by atoms with Crippen LogP contribution in [0.4, 0.5) is 0 Å². The molecule has 2 fully saturated rings. The van der Waals surface area contributed by atoms with Crippen molar-refractivity contribution in [3.8, 4) is 0 Å². The molecule has 2 aliphatic rings. The lowest BCUT2D eigenvalue weighted by Crippen LogP contribution is -2.43. The molecule has 0 aromatic heterocycles. The average Bonchev–Trinajstić information content (AvgIpc) is 2.46. The molecule has 3 rings (SSSR count). The number of ether oxygens (including phenoxy) is 1.